The fourth-order valence-corrected chi connectivity index (χ4v) is 2.31. The third kappa shape index (κ3) is 2.67. The number of nitrogens with one attached hydrogen (secondary N) is 1. The molecule has 0 fully saturated rings. The number of aryl methyl sites for hydroxylation is 2. The SMILES string of the molecule is CCNCC(=O)N1CCCc2cc(C)ccc21. The van der Waals surface area contributed by atoms with E-state index in [1.165, 1.54) is 11.1 Å². The van der Waals surface area contributed by atoms with Crippen LogP contribution < -0.4 is 10.2 Å². The predicted octanol–water partition coefficient (Wildman–Crippen LogP) is 1.88. The first-order valence-corrected chi connectivity index (χ1v) is 6.33. The third-order valence-electron chi connectivity index (χ3n) is 3.18. The lowest BCUT2D eigenvalue weighted by atomic mass is 9.99. The van der Waals surface area contributed by atoms with Gasteiger partial charge in [-0.1, -0.05) is 24.6 Å². The predicted molar refractivity (Wildman–Crippen MR) is 70.4 cm³/mol. The van der Waals surface area contributed by atoms with Gasteiger partial charge in [0.15, 0.2) is 0 Å². The Morgan fingerprint density at radius 2 is 2.29 bits per heavy atom. The standard InChI is InChI=1S/C14H20N2O/c1-3-15-10-14(17)16-8-4-5-12-9-11(2)6-7-13(12)16/h6-7,9,15H,3-5,8,10H2,1-2H3. The molecule has 1 aliphatic heterocycles. The summed E-state index contributed by atoms with van der Waals surface area (Å²) in [4.78, 5) is 14.0. The van der Waals surface area contributed by atoms with Gasteiger partial charge in [0.05, 0.1) is 6.54 Å². The smallest absolute Gasteiger partial charge is 0.240 e. The van der Waals surface area contributed by atoms with E-state index in [1.54, 1.807) is 0 Å². The number of nitrogens with zero attached hydrogens (tertiary/aromatic N) is 1. The summed E-state index contributed by atoms with van der Waals surface area (Å²) in [6.45, 7) is 6.23. The van der Waals surface area contributed by atoms with Gasteiger partial charge >= 0.3 is 0 Å². The Bertz CT molecular complexity index is 415. The molecular formula is C14H20N2O. The monoisotopic (exact) mass is 232 g/mol. The van der Waals surface area contributed by atoms with Crippen molar-refractivity contribution in [3.8, 4) is 0 Å². The molecule has 0 bridgehead atoms. The molecule has 2 rings (SSSR count). The van der Waals surface area contributed by atoms with Gasteiger partial charge in [-0.25, -0.2) is 0 Å². The summed E-state index contributed by atoms with van der Waals surface area (Å²) in [6.07, 6.45) is 2.15. The molecular weight excluding hydrogens is 212 g/mol. The number of carbonyl (C=O) groups excluding carboxylic acids is 1. The van der Waals surface area contributed by atoms with Gasteiger partial charge in [-0.15, -0.1) is 0 Å². The molecule has 0 spiro atoms. The van der Waals surface area contributed by atoms with Crippen LogP contribution in [0.5, 0.6) is 0 Å². The average molecular weight is 232 g/mol. The van der Waals surface area contributed by atoms with Crippen LogP contribution in [-0.2, 0) is 11.2 Å². The minimum absolute atomic E-state index is 0.177. The molecule has 1 aliphatic rings. The van der Waals surface area contributed by atoms with E-state index >= 15 is 0 Å². The Kier molecular flexibility index (Phi) is 3.79. The first-order chi connectivity index (χ1) is 8.22. The van der Waals surface area contributed by atoms with Crippen LogP contribution in [-0.4, -0.2) is 25.5 Å². The lowest BCUT2D eigenvalue weighted by Gasteiger charge is -2.30. The van der Waals surface area contributed by atoms with Crippen molar-refractivity contribution in [2.45, 2.75) is 26.7 Å². The molecule has 1 aromatic rings. The van der Waals surface area contributed by atoms with Crippen molar-refractivity contribution in [3.63, 3.8) is 0 Å². The normalized spacial score (nSPS) is 14.6. The van der Waals surface area contributed by atoms with Gasteiger partial charge in [-0.2, -0.15) is 0 Å². The van der Waals surface area contributed by atoms with Crippen molar-refractivity contribution in [2.75, 3.05) is 24.5 Å². The van der Waals surface area contributed by atoms with Crippen LogP contribution in [0.4, 0.5) is 5.69 Å². The van der Waals surface area contributed by atoms with Crippen LogP contribution in [0.25, 0.3) is 0 Å². The second kappa shape index (κ2) is 5.32. The van der Waals surface area contributed by atoms with E-state index in [-0.39, 0.29) is 5.91 Å². The maximum absolute atomic E-state index is 12.1. The molecule has 17 heavy (non-hydrogen) atoms. The molecule has 0 unspecified atom stereocenters. The van der Waals surface area contributed by atoms with Gasteiger partial charge < -0.3 is 10.2 Å². The molecule has 1 heterocycles. The number of fused-ring (bicyclic) bond motifs is 1. The van der Waals surface area contributed by atoms with Crippen molar-refractivity contribution in [1.82, 2.24) is 5.32 Å². The van der Waals surface area contributed by atoms with E-state index in [4.69, 9.17) is 0 Å². The van der Waals surface area contributed by atoms with Crippen LogP contribution in [0.15, 0.2) is 18.2 Å². The molecule has 1 amide bonds. The van der Waals surface area contributed by atoms with Gasteiger partial charge in [0.25, 0.3) is 0 Å². The van der Waals surface area contributed by atoms with Gasteiger partial charge in [-0.05, 0) is 37.9 Å². The molecule has 0 saturated carbocycles. The number of benzene rings is 1. The van der Waals surface area contributed by atoms with Crippen LogP contribution in [0.3, 0.4) is 0 Å². The Labute approximate surface area is 103 Å². The summed E-state index contributed by atoms with van der Waals surface area (Å²) >= 11 is 0. The third-order valence-corrected chi connectivity index (χ3v) is 3.18. The van der Waals surface area contributed by atoms with Crippen molar-refractivity contribution in [3.05, 3.63) is 29.3 Å². The minimum atomic E-state index is 0.177. The van der Waals surface area contributed by atoms with E-state index in [0.29, 0.717) is 6.54 Å². The Morgan fingerprint density at radius 3 is 3.06 bits per heavy atom. The van der Waals surface area contributed by atoms with Crippen molar-refractivity contribution in [1.29, 1.82) is 0 Å². The second-order valence-corrected chi connectivity index (χ2v) is 4.56. The number of likely N-dealkylation sites (N-methyl/N-ethyl adjacent to an activating group) is 1. The molecule has 92 valence electrons. The topological polar surface area (TPSA) is 32.3 Å². The van der Waals surface area contributed by atoms with E-state index in [9.17, 15) is 4.79 Å². The van der Waals surface area contributed by atoms with Gasteiger partial charge in [0.1, 0.15) is 0 Å². The van der Waals surface area contributed by atoms with Gasteiger partial charge in [0, 0.05) is 12.2 Å². The number of rotatable bonds is 3. The first kappa shape index (κ1) is 12.1. The Morgan fingerprint density at radius 1 is 1.47 bits per heavy atom. The fourth-order valence-electron chi connectivity index (χ4n) is 2.31. The number of amides is 1. The molecule has 0 radical (unpaired) electrons. The summed E-state index contributed by atoms with van der Waals surface area (Å²) in [5.41, 5.74) is 3.68. The molecule has 3 nitrogen and oxygen atoms in total. The minimum Gasteiger partial charge on any atom is -0.311 e. The molecule has 0 aliphatic carbocycles. The largest absolute Gasteiger partial charge is 0.311 e. The summed E-state index contributed by atoms with van der Waals surface area (Å²) in [5.74, 6) is 0.177. The number of hydrogen-bond acceptors (Lipinski definition) is 2. The van der Waals surface area contributed by atoms with Crippen molar-refractivity contribution < 1.29 is 4.79 Å². The van der Waals surface area contributed by atoms with Gasteiger partial charge in [-0.3, -0.25) is 4.79 Å². The molecule has 1 aromatic carbocycles. The number of carbonyl (C=O) groups is 1. The number of anilines is 1. The summed E-state index contributed by atoms with van der Waals surface area (Å²) in [6, 6.07) is 6.35. The average Bonchev–Trinajstić information content (AvgIpc) is 2.34. The van der Waals surface area contributed by atoms with E-state index in [2.05, 4.69) is 30.4 Å². The highest BCUT2D eigenvalue weighted by Crippen LogP contribution is 2.27. The quantitative estimate of drug-likeness (QED) is 0.863. The zero-order valence-corrected chi connectivity index (χ0v) is 10.6. The summed E-state index contributed by atoms with van der Waals surface area (Å²) in [5, 5.41) is 3.10. The highest BCUT2D eigenvalue weighted by molar-refractivity contribution is 5.96. The van der Waals surface area contributed by atoms with Crippen molar-refractivity contribution >= 4 is 11.6 Å². The highest BCUT2D eigenvalue weighted by Gasteiger charge is 2.21. The van der Waals surface area contributed by atoms with Crippen LogP contribution >= 0.6 is 0 Å². The van der Waals surface area contributed by atoms with Crippen LogP contribution in [0.1, 0.15) is 24.5 Å². The molecule has 3 heteroatoms. The number of hydrogen-bond donors (Lipinski definition) is 1. The summed E-state index contributed by atoms with van der Waals surface area (Å²) in [7, 11) is 0. The van der Waals surface area contributed by atoms with Crippen LogP contribution in [0, 0.1) is 6.92 Å². The van der Waals surface area contributed by atoms with Gasteiger partial charge in [0.2, 0.25) is 5.91 Å². The van der Waals surface area contributed by atoms with E-state index in [0.717, 1.165) is 31.6 Å². The molecule has 0 saturated heterocycles. The Hall–Kier alpha value is -1.35. The molecule has 1 N–H and O–H groups in total. The lowest BCUT2D eigenvalue weighted by molar-refractivity contribution is -0.117. The lowest BCUT2D eigenvalue weighted by Crippen LogP contribution is -2.41. The first-order valence-electron chi connectivity index (χ1n) is 6.33. The maximum atomic E-state index is 12.1. The molecule has 0 atom stereocenters. The van der Waals surface area contributed by atoms with E-state index in [1.807, 2.05) is 11.8 Å². The Balaban J connectivity index is 2.19. The molecule has 0 aromatic heterocycles. The highest BCUT2D eigenvalue weighted by atomic mass is 16.2. The fraction of sp³-hybridized carbons (Fsp3) is 0.500. The summed E-state index contributed by atoms with van der Waals surface area (Å²) < 4.78 is 0. The van der Waals surface area contributed by atoms with Crippen molar-refractivity contribution in [2.24, 2.45) is 0 Å². The zero-order valence-electron chi connectivity index (χ0n) is 10.6. The van der Waals surface area contributed by atoms with E-state index < -0.39 is 0 Å². The second-order valence-electron chi connectivity index (χ2n) is 4.56. The maximum Gasteiger partial charge on any atom is 0.240 e. The zero-order chi connectivity index (χ0) is 12.3. The van der Waals surface area contributed by atoms with Crippen LogP contribution in [0.2, 0.25) is 0 Å².